The molecule has 2 aromatic carbocycles. The van der Waals surface area contributed by atoms with Crippen molar-refractivity contribution < 1.29 is 17.7 Å². The Balaban J connectivity index is 2.14. The van der Waals surface area contributed by atoms with Crippen LogP contribution in [0.2, 0.25) is 0 Å². The molecule has 0 aliphatic carbocycles. The smallest absolute Gasteiger partial charge is 0.258 e. The third-order valence-electron chi connectivity index (χ3n) is 3.60. The van der Waals surface area contributed by atoms with Crippen molar-refractivity contribution in [3.05, 3.63) is 70.5 Å². The van der Waals surface area contributed by atoms with Crippen molar-refractivity contribution >= 4 is 26.2 Å². The highest BCUT2D eigenvalue weighted by Crippen LogP contribution is 2.42. The highest BCUT2D eigenvalue weighted by molar-refractivity contribution is 7.90. The van der Waals surface area contributed by atoms with Crippen molar-refractivity contribution in [2.75, 3.05) is 6.26 Å². The molecule has 8 heteroatoms. The van der Waals surface area contributed by atoms with Gasteiger partial charge >= 0.3 is 5.00 Å². The molecular formula is C17H12FNO4S2. The molecule has 5 nitrogen and oxygen atoms in total. The Hall–Kier alpha value is -2.58. The quantitative estimate of drug-likeness (QED) is 0.494. The Bertz CT molecular complexity index is 1040. The zero-order valence-corrected chi connectivity index (χ0v) is 14.6. The fourth-order valence-electron chi connectivity index (χ4n) is 2.38. The predicted octanol–water partition coefficient (Wildman–Crippen LogP) is 4.53. The van der Waals surface area contributed by atoms with Crippen LogP contribution in [-0.2, 0) is 9.84 Å². The number of hydrogen-bond donors (Lipinski definition) is 0. The number of rotatable bonds is 4. The summed E-state index contributed by atoms with van der Waals surface area (Å²) in [6.07, 6.45) is 1.11. The Morgan fingerprint density at radius 2 is 1.56 bits per heavy atom. The number of thiophene rings is 1. The number of hydrogen-bond acceptors (Lipinski definition) is 5. The van der Waals surface area contributed by atoms with Crippen LogP contribution in [-0.4, -0.2) is 19.6 Å². The van der Waals surface area contributed by atoms with Gasteiger partial charge in [-0.2, -0.15) is 0 Å². The summed E-state index contributed by atoms with van der Waals surface area (Å²) in [5.74, 6) is -0.395. The first-order valence-electron chi connectivity index (χ1n) is 7.10. The monoisotopic (exact) mass is 377 g/mol. The molecule has 0 bridgehead atoms. The highest BCUT2D eigenvalue weighted by atomic mass is 32.2. The van der Waals surface area contributed by atoms with Crippen LogP contribution in [0.5, 0.6) is 0 Å². The summed E-state index contributed by atoms with van der Waals surface area (Å²) in [4.78, 5) is 11.5. The molecule has 128 valence electrons. The molecule has 0 unspecified atom stereocenters. The minimum Gasteiger partial charge on any atom is -0.258 e. The molecule has 25 heavy (non-hydrogen) atoms. The summed E-state index contributed by atoms with van der Waals surface area (Å²) in [5.41, 5.74) is 1.90. The molecule has 0 amide bonds. The molecule has 0 radical (unpaired) electrons. The summed E-state index contributed by atoms with van der Waals surface area (Å²) in [6.45, 7) is 0. The van der Waals surface area contributed by atoms with E-state index in [2.05, 4.69) is 0 Å². The summed E-state index contributed by atoms with van der Waals surface area (Å²) in [6, 6.07) is 13.3. The van der Waals surface area contributed by atoms with E-state index in [1.807, 2.05) is 0 Å². The highest BCUT2D eigenvalue weighted by Gasteiger charge is 2.19. The molecule has 0 saturated carbocycles. The normalized spacial score (nSPS) is 11.4. The van der Waals surface area contributed by atoms with E-state index in [0.717, 1.165) is 17.6 Å². The van der Waals surface area contributed by atoms with Gasteiger partial charge < -0.3 is 0 Å². The second-order valence-electron chi connectivity index (χ2n) is 5.39. The van der Waals surface area contributed by atoms with Gasteiger partial charge in [0.05, 0.1) is 9.82 Å². The fourth-order valence-corrected chi connectivity index (χ4v) is 4.01. The second-order valence-corrected chi connectivity index (χ2v) is 8.43. The van der Waals surface area contributed by atoms with E-state index in [0.29, 0.717) is 21.6 Å². The summed E-state index contributed by atoms with van der Waals surface area (Å²) in [5, 5.41) is 11.1. The molecule has 0 saturated heterocycles. The van der Waals surface area contributed by atoms with Crippen molar-refractivity contribution in [2.24, 2.45) is 0 Å². The van der Waals surface area contributed by atoms with Gasteiger partial charge in [0, 0.05) is 22.8 Å². The summed E-state index contributed by atoms with van der Waals surface area (Å²) in [7, 11) is -3.32. The first-order chi connectivity index (χ1) is 11.8. The van der Waals surface area contributed by atoms with Gasteiger partial charge in [-0.1, -0.05) is 35.6 Å². The largest absolute Gasteiger partial charge is 0.325 e. The van der Waals surface area contributed by atoms with Gasteiger partial charge in [-0.15, -0.1) is 0 Å². The maximum absolute atomic E-state index is 13.2. The van der Waals surface area contributed by atoms with Crippen molar-refractivity contribution in [3.8, 4) is 21.6 Å². The molecule has 1 heterocycles. The second kappa shape index (κ2) is 6.38. The molecule has 0 N–H and O–H groups in total. The van der Waals surface area contributed by atoms with Crippen molar-refractivity contribution in [2.45, 2.75) is 4.90 Å². The van der Waals surface area contributed by atoms with Gasteiger partial charge in [0.15, 0.2) is 9.84 Å². The van der Waals surface area contributed by atoms with E-state index in [4.69, 9.17) is 0 Å². The van der Waals surface area contributed by atoms with Crippen LogP contribution in [0.1, 0.15) is 0 Å². The van der Waals surface area contributed by atoms with Crippen molar-refractivity contribution in [1.82, 2.24) is 0 Å². The minimum absolute atomic E-state index is 0.0403. The molecule has 0 aliphatic heterocycles. The molecular weight excluding hydrogens is 365 g/mol. The number of sulfone groups is 1. The molecule has 3 rings (SSSR count). The summed E-state index contributed by atoms with van der Waals surface area (Å²) < 4.78 is 36.3. The molecule has 0 aliphatic rings. The average Bonchev–Trinajstić information content (AvgIpc) is 3.00. The Morgan fingerprint density at radius 3 is 2.08 bits per heavy atom. The van der Waals surface area contributed by atoms with Gasteiger partial charge in [-0.05, 0) is 35.4 Å². The number of halogens is 1. The molecule has 0 fully saturated rings. The van der Waals surface area contributed by atoms with E-state index >= 15 is 0 Å². The van der Waals surface area contributed by atoms with Crippen LogP contribution < -0.4 is 0 Å². The summed E-state index contributed by atoms with van der Waals surface area (Å²) >= 11 is 0.991. The molecule has 1 aromatic heterocycles. The number of nitrogens with zero attached hydrogens (tertiary/aromatic N) is 1. The average molecular weight is 377 g/mol. The lowest BCUT2D eigenvalue weighted by molar-refractivity contribution is -0.380. The van der Waals surface area contributed by atoms with Crippen LogP contribution in [0, 0.1) is 15.9 Å². The van der Waals surface area contributed by atoms with Gasteiger partial charge in [0.25, 0.3) is 0 Å². The van der Waals surface area contributed by atoms with Crippen LogP contribution in [0.3, 0.4) is 0 Å². The van der Waals surface area contributed by atoms with E-state index in [1.54, 1.807) is 24.3 Å². The van der Waals surface area contributed by atoms with Crippen molar-refractivity contribution in [3.63, 3.8) is 0 Å². The third kappa shape index (κ3) is 3.59. The van der Waals surface area contributed by atoms with Gasteiger partial charge in [-0.25, -0.2) is 12.8 Å². The number of nitro groups is 1. The first kappa shape index (κ1) is 17.2. The topological polar surface area (TPSA) is 77.3 Å². The lowest BCUT2D eigenvalue weighted by atomic mass is 10.0. The zero-order chi connectivity index (χ0) is 18.2. The lowest BCUT2D eigenvalue weighted by Crippen LogP contribution is -1.96. The predicted molar refractivity (Wildman–Crippen MR) is 94.9 cm³/mol. The van der Waals surface area contributed by atoms with E-state index in [1.165, 1.54) is 30.3 Å². The maximum atomic E-state index is 13.2. The number of benzene rings is 2. The van der Waals surface area contributed by atoms with Crippen LogP contribution >= 0.6 is 11.3 Å². The minimum atomic E-state index is -3.32. The molecule has 0 atom stereocenters. The SMILES string of the molecule is CS(=O)(=O)c1ccc(-c2cc([N+](=O)[O-])sc2-c2ccc(F)cc2)cc1. The van der Waals surface area contributed by atoms with Crippen molar-refractivity contribution in [1.29, 1.82) is 0 Å². The van der Waals surface area contributed by atoms with E-state index < -0.39 is 20.6 Å². The lowest BCUT2D eigenvalue weighted by Gasteiger charge is -2.05. The fraction of sp³-hybridized carbons (Fsp3) is 0.0588. The molecule has 3 aromatic rings. The Morgan fingerprint density at radius 1 is 1.00 bits per heavy atom. The van der Waals surface area contributed by atoms with Crippen LogP contribution in [0.15, 0.2) is 59.5 Å². The maximum Gasteiger partial charge on any atom is 0.325 e. The van der Waals surface area contributed by atoms with E-state index in [-0.39, 0.29) is 9.90 Å². The third-order valence-corrected chi connectivity index (χ3v) is 5.86. The zero-order valence-electron chi connectivity index (χ0n) is 13.0. The van der Waals surface area contributed by atoms with Crippen LogP contribution in [0.4, 0.5) is 9.39 Å². The first-order valence-corrected chi connectivity index (χ1v) is 9.81. The van der Waals surface area contributed by atoms with Gasteiger partial charge in [0.1, 0.15) is 5.82 Å². The molecule has 0 spiro atoms. The Labute approximate surface area is 147 Å². The Kier molecular flexibility index (Phi) is 4.40. The van der Waals surface area contributed by atoms with E-state index in [9.17, 15) is 22.9 Å². The van der Waals surface area contributed by atoms with Gasteiger partial charge in [-0.3, -0.25) is 10.1 Å². The standard InChI is InChI=1S/C17H12FNO4S2/c1-25(22,23)14-8-4-11(5-9-14)15-10-16(19(20)21)24-17(15)12-2-6-13(18)7-3-12/h2-10H,1H3. The van der Waals surface area contributed by atoms with Gasteiger partial charge in [0.2, 0.25) is 0 Å². The van der Waals surface area contributed by atoms with Crippen LogP contribution in [0.25, 0.3) is 21.6 Å².